The predicted octanol–water partition coefficient (Wildman–Crippen LogP) is -0.694. The molecule has 0 bridgehead atoms. The van der Waals surface area contributed by atoms with Gasteiger partial charge >= 0.3 is 11.9 Å². The van der Waals surface area contributed by atoms with Crippen molar-refractivity contribution in [2.75, 3.05) is 13.5 Å². The highest BCUT2D eigenvalue weighted by Crippen LogP contribution is 2.06. The van der Waals surface area contributed by atoms with Crippen LogP contribution in [0.3, 0.4) is 0 Å². The zero-order valence-corrected chi connectivity index (χ0v) is 10.1. The van der Waals surface area contributed by atoms with Crippen LogP contribution in [0.2, 0.25) is 0 Å². The Morgan fingerprint density at radius 1 is 1.10 bits per heavy atom. The van der Waals surface area contributed by atoms with E-state index < -0.39 is 44.3 Å². The third-order valence-electron chi connectivity index (χ3n) is 1.74. The first-order chi connectivity index (χ1) is 9.63. The number of hydrogen-bond donors (Lipinski definition) is 0. The molecule has 20 heavy (non-hydrogen) atoms. The third-order valence-corrected chi connectivity index (χ3v) is 1.74. The van der Waals surface area contributed by atoms with Gasteiger partial charge in [-0.05, 0) is 0 Å². The van der Waals surface area contributed by atoms with Crippen molar-refractivity contribution < 1.29 is 33.4 Å². The Labute approximate surface area is 112 Å². The Hall–Kier alpha value is -3.01. The van der Waals surface area contributed by atoms with Gasteiger partial charge < -0.3 is 14.2 Å². The van der Waals surface area contributed by atoms with Gasteiger partial charge in [-0.25, -0.2) is 14.6 Å². The molecule has 0 aromatic heterocycles. The quantitative estimate of drug-likeness (QED) is 0.135. The topological polar surface area (TPSA) is 144 Å². The SMILES string of the molecule is N#COCOC(=O)CC(CC(=O)OCN=C=O)N=C=O. The molecule has 0 saturated heterocycles. The zero-order chi connectivity index (χ0) is 15.2. The van der Waals surface area contributed by atoms with Crippen molar-refractivity contribution in [3.63, 3.8) is 0 Å². The van der Waals surface area contributed by atoms with Crippen LogP contribution in [0.1, 0.15) is 12.8 Å². The summed E-state index contributed by atoms with van der Waals surface area (Å²) >= 11 is 0. The van der Waals surface area contributed by atoms with Crippen molar-refractivity contribution in [2.24, 2.45) is 9.98 Å². The van der Waals surface area contributed by atoms with Crippen LogP contribution in [0.4, 0.5) is 0 Å². The Balaban J connectivity index is 4.25. The smallest absolute Gasteiger partial charge is 0.310 e. The maximum Gasteiger partial charge on any atom is 0.310 e. The van der Waals surface area contributed by atoms with Gasteiger partial charge in [-0.3, -0.25) is 9.59 Å². The fourth-order valence-electron chi connectivity index (χ4n) is 0.993. The lowest BCUT2D eigenvalue weighted by Crippen LogP contribution is -2.20. The largest absolute Gasteiger partial charge is 0.442 e. The fraction of sp³-hybridized carbons (Fsp3) is 0.500. The summed E-state index contributed by atoms with van der Waals surface area (Å²) in [7, 11) is 0. The molecule has 106 valence electrons. The van der Waals surface area contributed by atoms with Gasteiger partial charge in [0.25, 0.3) is 6.26 Å². The monoisotopic (exact) mass is 283 g/mol. The molecule has 0 amide bonds. The lowest BCUT2D eigenvalue weighted by atomic mass is 10.1. The minimum atomic E-state index is -1.03. The molecule has 0 aromatic carbocycles. The Morgan fingerprint density at radius 2 is 1.75 bits per heavy atom. The standard InChI is InChI=1S/C10H9N3O7/c11-3-18-7-20-10(17)2-8(13-5-15)1-9(16)19-6-12-4-14/h8H,1-2,6-7H2. The fourth-order valence-corrected chi connectivity index (χ4v) is 0.993. The summed E-state index contributed by atoms with van der Waals surface area (Å²) in [5.41, 5.74) is 0. The highest BCUT2D eigenvalue weighted by atomic mass is 16.7. The maximum absolute atomic E-state index is 11.2. The summed E-state index contributed by atoms with van der Waals surface area (Å²) in [6.45, 7) is -1.09. The van der Waals surface area contributed by atoms with Crippen molar-refractivity contribution in [1.29, 1.82) is 5.26 Å². The van der Waals surface area contributed by atoms with Gasteiger partial charge in [-0.2, -0.15) is 10.3 Å². The van der Waals surface area contributed by atoms with E-state index in [2.05, 4.69) is 24.2 Å². The number of nitrogens with zero attached hydrogens (tertiary/aromatic N) is 3. The molecule has 10 nitrogen and oxygen atoms in total. The van der Waals surface area contributed by atoms with Crippen LogP contribution in [0.5, 0.6) is 0 Å². The highest BCUT2D eigenvalue weighted by Gasteiger charge is 2.19. The number of hydrogen-bond acceptors (Lipinski definition) is 10. The van der Waals surface area contributed by atoms with Gasteiger partial charge in [-0.1, -0.05) is 0 Å². The number of rotatable bonds is 9. The molecule has 0 aromatic rings. The number of esters is 2. The second kappa shape index (κ2) is 11.1. The lowest BCUT2D eigenvalue weighted by Gasteiger charge is -2.08. The summed E-state index contributed by atoms with van der Waals surface area (Å²) in [6, 6.07) is -1.03. The minimum absolute atomic E-state index is 0.405. The molecule has 0 aliphatic rings. The molecule has 0 aliphatic carbocycles. The van der Waals surface area contributed by atoms with Gasteiger partial charge in [0.05, 0.1) is 18.9 Å². The van der Waals surface area contributed by atoms with Gasteiger partial charge in [-0.15, -0.1) is 0 Å². The molecule has 0 saturated carbocycles. The summed E-state index contributed by atoms with van der Waals surface area (Å²) < 4.78 is 13.0. The summed E-state index contributed by atoms with van der Waals surface area (Å²) in [6.07, 6.45) is 2.84. The van der Waals surface area contributed by atoms with E-state index in [9.17, 15) is 19.2 Å². The first-order valence-corrected chi connectivity index (χ1v) is 5.06. The molecule has 0 fully saturated rings. The molecule has 0 aliphatic heterocycles. The van der Waals surface area contributed by atoms with Crippen LogP contribution in [0.15, 0.2) is 9.98 Å². The van der Waals surface area contributed by atoms with E-state index in [1.165, 1.54) is 12.3 Å². The second-order valence-electron chi connectivity index (χ2n) is 3.05. The van der Waals surface area contributed by atoms with E-state index in [0.29, 0.717) is 0 Å². The number of carbonyl (C=O) groups is 2. The van der Waals surface area contributed by atoms with E-state index in [4.69, 9.17) is 5.26 Å². The van der Waals surface area contributed by atoms with E-state index >= 15 is 0 Å². The van der Waals surface area contributed by atoms with Gasteiger partial charge in [0, 0.05) is 0 Å². The minimum Gasteiger partial charge on any atom is -0.442 e. The Bertz CT molecular complexity index is 472. The molecule has 1 unspecified atom stereocenters. The average molecular weight is 283 g/mol. The van der Waals surface area contributed by atoms with Crippen molar-refractivity contribution in [2.45, 2.75) is 18.9 Å². The van der Waals surface area contributed by atoms with Crippen LogP contribution >= 0.6 is 0 Å². The third kappa shape index (κ3) is 9.07. The number of nitriles is 1. The van der Waals surface area contributed by atoms with Crippen molar-refractivity contribution in [3.8, 4) is 6.26 Å². The van der Waals surface area contributed by atoms with Crippen LogP contribution in [-0.4, -0.2) is 43.7 Å². The molecule has 0 heterocycles. The van der Waals surface area contributed by atoms with Crippen LogP contribution in [0.25, 0.3) is 0 Å². The maximum atomic E-state index is 11.2. The van der Waals surface area contributed by atoms with E-state index in [-0.39, 0.29) is 0 Å². The molecule has 0 rings (SSSR count). The van der Waals surface area contributed by atoms with Crippen LogP contribution < -0.4 is 0 Å². The van der Waals surface area contributed by atoms with Gasteiger partial charge in [0.15, 0.2) is 6.73 Å². The predicted molar refractivity (Wildman–Crippen MR) is 57.9 cm³/mol. The van der Waals surface area contributed by atoms with Crippen molar-refractivity contribution in [3.05, 3.63) is 0 Å². The molecular formula is C10H9N3O7. The summed E-state index contributed by atoms with van der Waals surface area (Å²) in [5.74, 6) is -1.66. The second-order valence-corrected chi connectivity index (χ2v) is 3.05. The average Bonchev–Trinajstić information content (AvgIpc) is 2.39. The van der Waals surface area contributed by atoms with Gasteiger partial charge in [0.2, 0.25) is 19.0 Å². The number of ether oxygens (including phenoxy) is 3. The first-order valence-electron chi connectivity index (χ1n) is 5.06. The molecule has 10 heteroatoms. The van der Waals surface area contributed by atoms with E-state index in [1.54, 1.807) is 0 Å². The molecule has 0 spiro atoms. The Kier molecular flexibility index (Phi) is 9.43. The molecule has 1 atom stereocenters. The first kappa shape index (κ1) is 17.0. The number of isocyanates is 2. The van der Waals surface area contributed by atoms with Crippen LogP contribution in [-0.2, 0) is 33.4 Å². The van der Waals surface area contributed by atoms with Crippen molar-refractivity contribution in [1.82, 2.24) is 0 Å². The van der Waals surface area contributed by atoms with Crippen LogP contribution in [0, 0.1) is 11.5 Å². The normalized spacial score (nSPS) is 9.95. The van der Waals surface area contributed by atoms with E-state index in [0.717, 1.165) is 6.08 Å². The Morgan fingerprint density at radius 3 is 2.30 bits per heavy atom. The number of aliphatic imine (C=N–C) groups is 2. The highest BCUT2D eigenvalue weighted by molar-refractivity contribution is 5.74. The zero-order valence-electron chi connectivity index (χ0n) is 10.1. The lowest BCUT2D eigenvalue weighted by molar-refractivity contribution is -0.152. The molecule has 0 radical (unpaired) electrons. The molecular weight excluding hydrogens is 274 g/mol. The van der Waals surface area contributed by atoms with Crippen molar-refractivity contribution >= 4 is 24.1 Å². The number of carbonyl (C=O) groups excluding carboxylic acids is 4. The summed E-state index contributed by atoms with van der Waals surface area (Å²) in [5, 5.41) is 8.04. The molecule has 0 N–H and O–H groups in total. The summed E-state index contributed by atoms with van der Waals surface area (Å²) in [4.78, 5) is 48.6. The van der Waals surface area contributed by atoms with E-state index in [1.807, 2.05) is 0 Å². The van der Waals surface area contributed by atoms with Gasteiger partial charge in [0.1, 0.15) is 0 Å².